The fourth-order valence-electron chi connectivity index (χ4n) is 0.192. The first-order valence-electron chi connectivity index (χ1n) is 2.00. The maximum absolute atomic E-state index is 9.48. The van der Waals surface area contributed by atoms with Gasteiger partial charge >= 0.3 is 18.9 Å². The first kappa shape index (κ1) is 10.8. The van der Waals surface area contributed by atoms with Crippen LogP contribution in [0, 0.1) is 0 Å². The first-order chi connectivity index (χ1) is 3.13. The molecule has 0 saturated carbocycles. The largest absolute Gasteiger partial charge is 1.00 e. The standard InChI is InChI=1S/C4H8O3.Li/c1-3(2)7-4(5)6;/h3H,1-2H3,(H,5,6);/q;+1/p-1. The number of carbonyl (C=O) groups excluding carboxylic acids is 1. The molecule has 0 fully saturated rings. The number of hydrogen-bond donors (Lipinski definition) is 0. The number of hydrogen-bond acceptors (Lipinski definition) is 3. The summed E-state index contributed by atoms with van der Waals surface area (Å²) in [6.07, 6.45) is -1.75. The van der Waals surface area contributed by atoms with E-state index in [1.165, 1.54) is 0 Å². The average molecular weight is 110 g/mol. The smallest absolute Gasteiger partial charge is 0.547 e. The molecule has 0 N–H and O–H groups in total. The number of carbonyl (C=O) groups is 1. The molecular formula is C4H7LiO3. The molecule has 0 aliphatic rings. The summed E-state index contributed by atoms with van der Waals surface area (Å²) in [6, 6.07) is 0. The van der Waals surface area contributed by atoms with Gasteiger partial charge in [-0.3, -0.25) is 0 Å². The third-order valence-corrected chi connectivity index (χ3v) is 0.332. The number of rotatable bonds is 1. The third kappa shape index (κ3) is 9.29. The molecule has 0 amide bonds. The van der Waals surface area contributed by atoms with E-state index in [2.05, 4.69) is 4.74 Å². The van der Waals surface area contributed by atoms with Crippen LogP contribution in [-0.2, 0) is 4.74 Å². The van der Waals surface area contributed by atoms with E-state index >= 15 is 0 Å². The Morgan fingerprint density at radius 2 is 2.00 bits per heavy atom. The van der Waals surface area contributed by atoms with E-state index < -0.39 is 6.16 Å². The van der Waals surface area contributed by atoms with E-state index in [9.17, 15) is 9.90 Å². The van der Waals surface area contributed by atoms with E-state index in [1.807, 2.05) is 0 Å². The quantitative estimate of drug-likeness (QED) is 0.263. The number of ether oxygens (including phenoxy) is 1. The Kier molecular flexibility index (Phi) is 6.75. The molecule has 0 rings (SSSR count). The molecule has 0 saturated heterocycles. The molecular weight excluding hydrogens is 103 g/mol. The van der Waals surface area contributed by atoms with E-state index in [-0.39, 0.29) is 25.0 Å². The molecule has 0 aromatic rings. The molecule has 4 heteroatoms. The normalized spacial score (nSPS) is 7.88. The van der Waals surface area contributed by atoms with Crippen molar-refractivity contribution in [1.29, 1.82) is 0 Å². The molecule has 0 spiro atoms. The molecule has 0 bridgehead atoms. The predicted molar refractivity (Wildman–Crippen MR) is 21.6 cm³/mol. The Morgan fingerprint density at radius 1 is 1.62 bits per heavy atom. The van der Waals surface area contributed by atoms with Crippen molar-refractivity contribution in [3.8, 4) is 0 Å². The van der Waals surface area contributed by atoms with Gasteiger partial charge in [-0.15, -0.1) is 0 Å². The zero-order valence-corrected chi connectivity index (χ0v) is 5.30. The summed E-state index contributed by atoms with van der Waals surface area (Å²) in [5.74, 6) is 0. The van der Waals surface area contributed by atoms with Gasteiger partial charge in [0.2, 0.25) is 0 Å². The predicted octanol–water partition coefficient (Wildman–Crippen LogP) is -3.24. The fourth-order valence-corrected chi connectivity index (χ4v) is 0.192. The zero-order valence-electron chi connectivity index (χ0n) is 5.30. The van der Waals surface area contributed by atoms with Gasteiger partial charge in [0.25, 0.3) is 6.16 Å². The van der Waals surface area contributed by atoms with Gasteiger partial charge in [0.15, 0.2) is 0 Å². The van der Waals surface area contributed by atoms with Crippen LogP contribution in [0.1, 0.15) is 13.8 Å². The molecule has 0 aliphatic carbocycles. The van der Waals surface area contributed by atoms with Crippen molar-refractivity contribution < 1.29 is 33.5 Å². The second-order valence-electron chi connectivity index (χ2n) is 1.42. The van der Waals surface area contributed by atoms with Crippen molar-refractivity contribution in [2.24, 2.45) is 0 Å². The summed E-state index contributed by atoms with van der Waals surface area (Å²) in [5.41, 5.74) is 0. The van der Waals surface area contributed by atoms with Gasteiger partial charge in [0.05, 0.1) is 0 Å². The SMILES string of the molecule is CC(C)OC(=O)[O-].[Li+]. The second kappa shape index (κ2) is 5.01. The second-order valence-corrected chi connectivity index (χ2v) is 1.42. The van der Waals surface area contributed by atoms with Crippen LogP contribution in [-0.4, -0.2) is 12.3 Å². The summed E-state index contributed by atoms with van der Waals surface area (Å²) in [4.78, 5) is 9.48. The zero-order chi connectivity index (χ0) is 5.86. The summed E-state index contributed by atoms with van der Waals surface area (Å²) < 4.78 is 4.06. The van der Waals surface area contributed by atoms with Crippen LogP contribution >= 0.6 is 0 Å². The van der Waals surface area contributed by atoms with Crippen LogP contribution in [0.3, 0.4) is 0 Å². The first-order valence-corrected chi connectivity index (χ1v) is 2.00. The van der Waals surface area contributed by atoms with E-state index in [0.717, 1.165) is 0 Å². The van der Waals surface area contributed by atoms with Crippen LogP contribution in [0.5, 0.6) is 0 Å². The van der Waals surface area contributed by atoms with Crippen molar-refractivity contribution in [3.05, 3.63) is 0 Å². The van der Waals surface area contributed by atoms with Crippen LogP contribution in [0.4, 0.5) is 4.79 Å². The van der Waals surface area contributed by atoms with Gasteiger partial charge in [-0.2, -0.15) is 0 Å². The molecule has 42 valence electrons. The van der Waals surface area contributed by atoms with Gasteiger partial charge in [-0.25, -0.2) is 0 Å². The van der Waals surface area contributed by atoms with Crippen LogP contribution in [0.2, 0.25) is 0 Å². The molecule has 0 atom stereocenters. The maximum Gasteiger partial charge on any atom is 1.00 e. The minimum absolute atomic E-state index is 0. The van der Waals surface area contributed by atoms with E-state index in [4.69, 9.17) is 0 Å². The monoisotopic (exact) mass is 110 g/mol. The maximum atomic E-state index is 9.48. The van der Waals surface area contributed by atoms with E-state index in [0.29, 0.717) is 0 Å². The summed E-state index contributed by atoms with van der Waals surface area (Å²) in [7, 11) is 0. The van der Waals surface area contributed by atoms with Crippen molar-refractivity contribution in [3.63, 3.8) is 0 Å². The van der Waals surface area contributed by atoms with Crippen LogP contribution in [0.15, 0.2) is 0 Å². The van der Waals surface area contributed by atoms with E-state index in [1.54, 1.807) is 13.8 Å². The van der Waals surface area contributed by atoms with Crippen molar-refractivity contribution in [2.75, 3.05) is 0 Å². The molecule has 0 radical (unpaired) electrons. The minimum Gasteiger partial charge on any atom is -0.547 e. The van der Waals surface area contributed by atoms with Crippen molar-refractivity contribution in [2.45, 2.75) is 20.0 Å². The molecule has 8 heavy (non-hydrogen) atoms. The Hall–Kier alpha value is -0.133. The van der Waals surface area contributed by atoms with Crippen LogP contribution < -0.4 is 24.0 Å². The Bertz CT molecular complexity index is 71.7. The molecule has 3 nitrogen and oxygen atoms in total. The van der Waals surface area contributed by atoms with Crippen molar-refractivity contribution in [1.82, 2.24) is 0 Å². The third-order valence-electron chi connectivity index (χ3n) is 0.332. The summed E-state index contributed by atoms with van der Waals surface area (Å²) in [6.45, 7) is 3.24. The van der Waals surface area contributed by atoms with Gasteiger partial charge in [-0.1, -0.05) is 0 Å². The van der Waals surface area contributed by atoms with Gasteiger partial charge in [0.1, 0.15) is 0 Å². The minimum atomic E-state index is -1.46. The van der Waals surface area contributed by atoms with Gasteiger partial charge < -0.3 is 14.6 Å². The number of carboxylic acid groups (broad SMARTS) is 1. The molecule has 0 aromatic carbocycles. The topological polar surface area (TPSA) is 49.4 Å². The fraction of sp³-hybridized carbons (Fsp3) is 0.750. The summed E-state index contributed by atoms with van der Waals surface area (Å²) >= 11 is 0. The molecule has 0 heterocycles. The Balaban J connectivity index is 0. The molecule has 0 aromatic heterocycles. The average Bonchev–Trinajstić information content (AvgIpc) is 1.27. The molecule has 0 aliphatic heterocycles. The van der Waals surface area contributed by atoms with Gasteiger partial charge in [0, 0.05) is 6.10 Å². The Morgan fingerprint density at radius 3 is 2.00 bits per heavy atom. The van der Waals surface area contributed by atoms with Crippen molar-refractivity contribution >= 4 is 6.16 Å². The Labute approximate surface area is 60.2 Å². The van der Waals surface area contributed by atoms with Crippen LogP contribution in [0.25, 0.3) is 0 Å². The summed E-state index contributed by atoms with van der Waals surface area (Å²) in [5, 5.41) is 9.48. The van der Waals surface area contributed by atoms with Gasteiger partial charge in [-0.05, 0) is 13.8 Å². The molecule has 0 unspecified atom stereocenters.